The number of nitro groups is 1. The maximum absolute atomic E-state index is 10.8. The van der Waals surface area contributed by atoms with E-state index in [2.05, 4.69) is 15.2 Å². The summed E-state index contributed by atoms with van der Waals surface area (Å²) in [6.07, 6.45) is 3.62. The highest BCUT2D eigenvalue weighted by Gasteiger charge is 2.19. The molecule has 7 nitrogen and oxygen atoms in total. The van der Waals surface area contributed by atoms with Gasteiger partial charge >= 0.3 is 5.69 Å². The average molecular weight is 279 g/mol. The summed E-state index contributed by atoms with van der Waals surface area (Å²) < 4.78 is 0. The molecule has 1 atom stereocenters. The van der Waals surface area contributed by atoms with E-state index < -0.39 is 4.92 Å². The third-order valence-corrected chi connectivity index (χ3v) is 3.64. The lowest BCUT2D eigenvalue weighted by molar-refractivity contribution is -0.384. The van der Waals surface area contributed by atoms with Gasteiger partial charge in [-0.1, -0.05) is 6.42 Å². The number of nitrogen functional groups attached to an aromatic ring is 1. The van der Waals surface area contributed by atoms with Crippen molar-refractivity contribution in [1.82, 2.24) is 10.3 Å². The first kappa shape index (κ1) is 14.5. The summed E-state index contributed by atoms with van der Waals surface area (Å²) in [4.78, 5) is 16.5. The Hall–Kier alpha value is -1.89. The van der Waals surface area contributed by atoms with Crippen LogP contribution in [0.4, 0.5) is 17.3 Å². The Kier molecular flexibility index (Phi) is 4.73. The van der Waals surface area contributed by atoms with Crippen LogP contribution in [0.5, 0.6) is 0 Å². The molecule has 0 aromatic carbocycles. The summed E-state index contributed by atoms with van der Waals surface area (Å²) in [5.41, 5.74) is 5.51. The van der Waals surface area contributed by atoms with E-state index >= 15 is 0 Å². The van der Waals surface area contributed by atoms with Crippen molar-refractivity contribution in [2.45, 2.75) is 32.2 Å². The second-order valence-corrected chi connectivity index (χ2v) is 5.02. The van der Waals surface area contributed by atoms with Crippen LogP contribution in [-0.2, 0) is 0 Å². The lowest BCUT2D eigenvalue weighted by Crippen LogP contribution is -2.44. The second-order valence-electron chi connectivity index (χ2n) is 5.02. The van der Waals surface area contributed by atoms with Gasteiger partial charge in [0.1, 0.15) is 5.82 Å². The summed E-state index contributed by atoms with van der Waals surface area (Å²) in [6.45, 7) is 4.74. The molecule has 110 valence electrons. The van der Waals surface area contributed by atoms with E-state index in [1.54, 1.807) is 6.07 Å². The first-order chi connectivity index (χ1) is 9.61. The highest BCUT2D eigenvalue weighted by molar-refractivity contribution is 5.58. The molecule has 20 heavy (non-hydrogen) atoms. The molecule has 2 heterocycles. The maximum atomic E-state index is 10.8. The monoisotopic (exact) mass is 279 g/mol. The normalized spacial score (nSPS) is 18.8. The van der Waals surface area contributed by atoms with Crippen LogP contribution in [0.3, 0.4) is 0 Å². The average Bonchev–Trinajstić information content (AvgIpc) is 2.45. The minimum absolute atomic E-state index is 0.0254. The van der Waals surface area contributed by atoms with Crippen LogP contribution < -0.4 is 16.0 Å². The molecule has 1 aromatic rings. The number of pyridine rings is 1. The van der Waals surface area contributed by atoms with Gasteiger partial charge < -0.3 is 16.0 Å². The van der Waals surface area contributed by atoms with Crippen molar-refractivity contribution in [1.29, 1.82) is 0 Å². The minimum Gasteiger partial charge on any atom is -0.378 e. The number of hydrogen-bond donors (Lipinski definition) is 2. The highest BCUT2D eigenvalue weighted by atomic mass is 16.6. The Morgan fingerprint density at radius 1 is 1.55 bits per heavy atom. The zero-order valence-corrected chi connectivity index (χ0v) is 11.7. The molecule has 0 amide bonds. The first-order valence-electron chi connectivity index (χ1n) is 7.01. The van der Waals surface area contributed by atoms with Crippen molar-refractivity contribution in [3.63, 3.8) is 0 Å². The number of nitrogens with two attached hydrogens (primary N) is 1. The standard InChI is InChI=1S/C13H21N5O2/c1-2-17(9-10-5-3-4-8-15-10)12-7-6-11(18(19)20)13(14)16-12/h6-7,10,15H,2-5,8-9H2,1H3,(H2,14,16). The second kappa shape index (κ2) is 6.51. The van der Waals surface area contributed by atoms with E-state index in [0.29, 0.717) is 11.9 Å². The number of nitrogens with zero attached hydrogens (tertiary/aromatic N) is 3. The van der Waals surface area contributed by atoms with Crippen LogP contribution in [-0.4, -0.2) is 35.6 Å². The number of likely N-dealkylation sites (N-methyl/N-ethyl adjacent to an activating group) is 1. The molecule has 1 aliphatic heterocycles. The molecule has 1 fully saturated rings. The molecule has 1 unspecified atom stereocenters. The predicted molar refractivity (Wildman–Crippen MR) is 78.8 cm³/mol. The van der Waals surface area contributed by atoms with Crippen LogP contribution in [0.15, 0.2) is 12.1 Å². The van der Waals surface area contributed by atoms with Crippen molar-refractivity contribution in [3.8, 4) is 0 Å². The van der Waals surface area contributed by atoms with E-state index in [1.807, 2.05) is 6.92 Å². The van der Waals surface area contributed by atoms with Gasteiger partial charge in [-0.15, -0.1) is 0 Å². The summed E-state index contributed by atoms with van der Waals surface area (Å²) in [7, 11) is 0. The summed E-state index contributed by atoms with van der Waals surface area (Å²) in [5.74, 6) is 0.672. The summed E-state index contributed by atoms with van der Waals surface area (Å²) in [5, 5.41) is 14.2. The van der Waals surface area contributed by atoms with Crippen molar-refractivity contribution < 1.29 is 4.92 Å². The van der Waals surface area contributed by atoms with Gasteiger partial charge in [0.05, 0.1) is 4.92 Å². The Labute approximate surface area is 118 Å². The Bertz CT molecular complexity index is 474. The third kappa shape index (κ3) is 3.36. The Balaban J connectivity index is 2.10. The fourth-order valence-corrected chi connectivity index (χ4v) is 2.52. The van der Waals surface area contributed by atoms with E-state index in [4.69, 9.17) is 5.73 Å². The largest absolute Gasteiger partial charge is 0.378 e. The van der Waals surface area contributed by atoms with E-state index in [-0.39, 0.29) is 11.5 Å². The molecule has 0 radical (unpaired) electrons. The SMILES string of the molecule is CCN(CC1CCCCN1)c1ccc([N+](=O)[O-])c(N)n1. The van der Waals surface area contributed by atoms with Gasteiger partial charge in [0, 0.05) is 25.2 Å². The molecule has 0 aliphatic carbocycles. The molecule has 7 heteroatoms. The molecule has 2 rings (SSSR count). The fraction of sp³-hybridized carbons (Fsp3) is 0.615. The van der Waals surface area contributed by atoms with Gasteiger partial charge in [0.2, 0.25) is 5.82 Å². The lowest BCUT2D eigenvalue weighted by atomic mass is 10.0. The lowest BCUT2D eigenvalue weighted by Gasteiger charge is -2.30. The molecule has 0 saturated carbocycles. The number of piperidine rings is 1. The van der Waals surface area contributed by atoms with Crippen molar-refractivity contribution in [2.75, 3.05) is 30.3 Å². The number of rotatable bonds is 5. The molecular weight excluding hydrogens is 258 g/mol. The smallest absolute Gasteiger partial charge is 0.311 e. The zero-order chi connectivity index (χ0) is 14.5. The molecule has 1 aliphatic rings. The summed E-state index contributed by atoms with van der Waals surface area (Å²) in [6, 6.07) is 3.54. The minimum atomic E-state index is -0.509. The quantitative estimate of drug-likeness (QED) is 0.627. The van der Waals surface area contributed by atoms with Crippen molar-refractivity contribution in [3.05, 3.63) is 22.2 Å². The molecule has 1 saturated heterocycles. The van der Waals surface area contributed by atoms with E-state index in [0.717, 1.165) is 26.1 Å². The molecule has 0 spiro atoms. The fourth-order valence-electron chi connectivity index (χ4n) is 2.52. The molecule has 1 aromatic heterocycles. The topological polar surface area (TPSA) is 97.3 Å². The van der Waals surface area contributed by atoms with Crippen LogP contribution in [0.2, 0.25) is 0 Å². The van der Waals surface area contributed by atoms with Gasteiger partial charge in [-0.2, -0.15) is 0 Å². The Morgan fingerprint density at radius 3 is 2.90 bits per heavy atom. The van der Waals surface area contributed by atoms with Crippen LogP contribution in [0.1, 0.15) is 26.2 Å². The van der Waals surface area contributed by atoms with Crippen molar-refractivity contribution >= 4 is 17.3 Å². The summed E-state index contributed by atoms with van der Waals surface area (Å²) >= 11 is 0. The molecule has 3 N–H and O–H groups in total. The van der Waals surface area contributed by atoms with Gasteiger partial charge in [-0.3, -0.25) is 10.1 Å². The molecular formula is C13H21N5O2. The highest BCUT2D eigenvalue weighted by Crippen LogP contribution is 2.23. The third-order valence-electron chi connectivity index (χ3n) is 3.64. The van der Waals surface area contributed by atoms with Crippen LogP contribution >= 0.6 is 0 Å². The van der Waals surface area contributed by atoms with Gasteiger partial charge in [0.25, 0.3) is 0 Å². The maximum Gasteiger partial charge on any atom is 0.311 e. The number of nitrogens with one attached hydrogen (secondary N) is 1. The first-order valence-corrected chi connectivity index (χ1v) is 7.01. The van der Waals surface area contributed by atoms with E-state index in [1.165, 1.54) is 18.9 Å². The van der Waals surface area contributed by atoms with Gasteiger partial charge in [-0.05, 0) is 32.4 Å². The van der Waals surface area contributed by atoms with E-state index in [9.17, 15) is 10.1 Å². The zero-order valence-electron chi connectivity index (χ0n) is 11.7. The Morgan fingerprint density at radius 2 is 2.35 bits per heavy atom. The number of aromatic nitrogens is 1. The van der Waals surface area contributed by atoms with Gasteiger partial charge in [-0.25, -0.2) is 4.98 Å². The van der Waals surface area contributed by atoms with Crippen molar-refractivity contribution in [2.24, 2.45) is 0 Å². The predicted octanol–water partition coefficient (Wildman–Crippen LogP) is 1.54. The number of anilines is 2. The van der Waals surface area contributed by atoms with Gasteiger partial charge in [0.15, 0.2) is 0 Å². The molecule has 0 bridgehead atoms. The van der Waals surface area contributed by atoms with Crippen LogP contribution in [0.25, 0.3) is 0 Å². The number of hydrogen-bond acceptors (Lipinski definition) is 6. The van der Waals surface area contributed by atoms with Crippen LogP contribution in [0, 0.1) is 10.1 Å².